The molecule has 1 saturated heterocycles. The third-order valence-corrected chi connectivity index (χ3v) is 4.00. The van der Waals surface area contributed by atoms with Crippen LogP contribution in [0.3, 0.4) is 0 Å². The van der Waals surface area contributed by atoms with Gasteiger partial charge in [-0.25, -0.2) is 0 Å². The Morgan fingerprint density at radius 1 is 1.48 bits per heavy atom. The molecule has 0 bridgehead atoms. The van der Waals surface area contributed by atoms with Crippen LogP contribution in [-0.2, 0) is 11.8 Å². The normalized spacial score (nSPS) is 18.9. The molecule has 0 spiro atoms. The number of methoxy groups -OCH3 is 1. The predicted octanol–water partition coefficient (Wildman–Crippen LogP) is 0.226. The van der Waals surface area contributed by atoms with Crippen LogP contribution in [0.1, 0.15) is 23.3 Å². The monoisotopic (exact) mass is 293 g/mol. The lowest BCUT2D eigenvalue weighted by molar-refractivity contribution is 0.0923. The third-order valence-electron chi connectivity index (χ3n) is 4.00. The van der Waals surface area contributed by atoms with Crippen LogP contribution < -0.4 is 10.9 Å². The number of likely N-dealkylation sites (tertiary alicyclic amines) is 1. The van der Waals surface area contributed by atoms with Crippen molar-refractivity contribution in [3.8, 4) is 0 Å². The summed E-state index contributed by atoms with van der Waals surface area (Å²) in [5, 5.41) is 2.93. The molecule has 1 aliphatic rings. The van der Waals surface area contributed by atoms with Gasteiger partial charge in [-0.2, -0.15) is 0 Å². The molecule has 2 rings (SSSR count). The zero-order valence-corrected chi connectivity index (χ0v) is 12.7. The minimum absolute atomic E-state index is 0.176. The zero-order chi connectivity index (χ0) is 15.2. The fourth-order valence-corrected chi connectivity index (χ4v) is 2.72. The molecule has 21 heavy (non-hydrogen) atoms. The molecule has 1 aromatic rings. The highest BCUT2D eigenvalue weighted by molar-refractivity contribution is 5.92. The van der Waals surface area contributed by atoms with E-state index in [-0.39, 0.29) is 11.5 Å². The molecule has 0 unspecified atom stereocenters. The molecule has 116 valence electrons. The van der Waals surface area contributed by atoms with Crippen molar-refractivity contribution in [3.05, 3.63) is 34.2 Å². The van der Waals surface area contributed by atoms with Gasteiger partial charge in [-0.3, -0.25) is 14.5 Å². The van der Waals surface area contributed by atoms with E-state index in [4.69, 9.17) is 4.74 Å². The molecule has 1 fully saturated rings. The van der Waals surface area contributed by atoms with Crippen LogP contribution in [0.4, 0.5) is 0 Å². The Morgan fingerprint density at radius 3 is 3.05 bits per heavy atom. The molecule has 0 radical (unpaired) electrons. The van der Waals surface area contributed by atoms with Crippen LogP contribution >= 0.6 is 0 Å². The Bertz CT molecular complexity index is 541. The summed E-state index contributed by atoms with van der Waals surface area (Å²) in [4.78, 5) is 26.1. The van der Waals surface area contributed by atoms with Gasteiger partial charge >= 0.3 is 0 Å². The highest BCUT2D eigenvalue weighted by Crippen LogP contribution is 2.15. The van der Waals surface area contributed by atoms with Gasteiger partial charge in [0.2, 0.25) is 0 Å². The first-order valence-electron chi connectivity index (χ1n) is 7.30. The molecule has 1 atom stereocenters. The summed E-state index contributed by atoms with van der Waals surface area (Å²) >= 11 is 0. The molecule has 1 aliphatic heterocycles. The Hall–Kier alpha value is -1.66. The van der Waals surface area contributed by atoms with Gasteiger partial charge in [0.1, 0.15) is 5.69 Å². The Kier molecular flexibility index (Phi) is 5.52. The second-order valence-electron chi connectivity index (χ2n) is 5.34. The van der Waals surface area contributed by atoms with E-state index in [2.05, 4.69) is 10.2 Å². The average Bonchev–Trinajstić information content (AvgIpc) is 2.93. The number of amides is 1. The van der Waals surface area contributed by atoms with Crippen molar-refractivity contribution >= 4 is 5.91 Å². The first-order chi connectivity index (χ1) is 10.1. The second-order valence-corrected chi connectivity index (χ2v) is 5.34. The van der Waals surface area contributed by atoms with Gasteiger partial charge in [0.15, 0.2) is 0 Å². The van der Waals surface area contributed by atoms with E-state index < -0.39 is 0 Å². The van der Waals surface area contributed by atoms with E-state index in [1.807, 2.05) is 0 Å². The Morgan fingerprint density at radius 2 is 2.29 bits per heavy atom. The average molecular weight is 293 g/mol. The number of carbonyl (C=O) groups is 1. The van der Waals surface area contributed by atoms with Gasteiger partial charge in [-0.15, -0.1) is 0 Å². The molecule has 0 aliphatic carbocycles. The van der Waals surface area contributed by atoms with Gasteiger partial charge in [0.05, 0.1) is 6.61 Å². The first-order valence-corrected chi connectivity index (χ1v) is 7.30. The van der Waals surface area contributed by atoms with Gasteiger partial charge in [0, 0.05) is 39.4 Å². The van der Waals surface area contributed by atoms with E-state index in [0.29, 0.717) is 24.9 Å². The number of aromatic nitrogens is 1. The van der Waals surface area contributed by atoms with Crippen LogP contribution in [0.15, 0.2) is 23.0 Å². The van der Waals surface area contributed by atoms with Gasteiger partial charge in [0.25, 0.3) is 11.5 Å². The quantitative estimate of drug-likeness (QED) is 0.815. The maximum absolute atomic E-state index is 12.2. The van der Waals surface area contributed by atoms with Crippen molar-refractivity contribution in [1.29, 1.82) is 0 Å². The maximum atomic E-state index is 12.2. The Balaban J connectivity index is 1.91. The Labute approximate surface area is 124 Å². The molecule has 2 heterocycles. The number of ether oxygens (including phenoxy) is 1. The fraction of sp³-hybridized carbons (Fsp3) is 0.600. The van der Waals surface area contributed by atoms with Crippen LogP contribution in [0.2, 0.25) is 0 Å². The first kappa shape index (κ1) is 15.7. The third kappa shape index (κ3) is 3.92. The van der Waals surface area contributed by atoms with Crippen molar-refractivity contribution in [2.75, 3.05) is 33.4 Å². The van der Waals surface area contributed by atoms with Crippen molar-refractivity contribution in [2.24, 2.45) is 7.05 Å². The summed E-state index contributed by atoms with van der Waals surface area (Å²) in [7, 11) is 3.31. The number of pyridine rings is 1. The number of hydrogen-bond donors (Lipinski definition) is 1. The van der Waals surface area contributed by atoms with Crippen molar-refractivity contribution in [1.82, 2.24) is 14.8 Å². The molecule has 6 heteroatoms. The molecule has 0 saturated carbocycles. The molecular weight excluding hydrogens is 270 g/mol. The van der Waals surface area contributed by atoms with Gasteiger partial charge in [-0.1, -0.05) is 6.07 Å². The van der Waals surface area contributed by atoms with Gasteiger partial charge in [-0.05, 0) is 25.5 Å². The number of carbonyl (C=O) groups excluding carboxylic acids is 1. The molecular formula is C15H23N3O3. The number of nitrogens with one attached hydrogen (secondary N) is 1. The summed E-state index contributed by atoms with van der Waals surface area (Å²) in [6.07, 6.45) is 2.23. The van der Waals surface area contributed by atoms with Crippen LogP contribution in [-0.4, -0.2) is 54.8 Å². The van der Waals surface area contributed by atoms with Crippen LogP contribution in [0.5, 0.6) is 0 Å². The zero-order valence-electron chi connectivity index (χ0n) is 12.7. The van der Waals surface area contributed by atoms with Crippen LogP contribution in [0, 0.1) is 0 Å². The number of rotatable bonds is 6. The SMILES string of the molecule is COCCN1CCC[C@@H]1CNC(=O)c1cccc(=O)n1C. The van der Waals surface area contributed by atoms with E-state index in [1.54, 1.807) is 26.3 Å². The fourth-order valence-electron chi connectivity index (χ4n) is 2.72. The summed E-state index contributed by atoms with van der Waals surface area (Å²) in [5.41, 5.74) is 0.217. The standard InChI is InChI=1S/C15H23N3O3/c1-17-13(6-3-7-14(17)19)15(20)16-11-12-5-4-8-18(12)9-10-21-2/h3,6-7,12H,4-5,8-11H2,1-2H3,(H,16,20)/t12-/m1/s1. The summed E-state index contributed by atoms with van der Waals surface area (Å²) in [6, 6.07) is 5.07. The number of nitrogens with zero attached hydrogens (tertiary/aromatic N) is 2. The second kappa shape index (κ2) is 7.38. The summed E-state index contributed by atoms with van der Waals surface area (Å²) in [5.74, 6) is -0.200. The van der Waals surface area contributed by atoms with E-state index in [0.717, 1.165) is 25.9 Å². The lowest BCUT2D eigenvalue weighted by Gasteiger charge is -2.24. The topological polar surface area (TPSA) is 63.6 Å². The van der Waals surface area contributed by atoms with Gasteiger partial charge < -0.3 is 14.6 Å². The minimum atomic E-state index is -0.200. The van der Waals surface area contributed by atoms with E-state index >= 15 is 0 Å². The largest absolute Gasteiger partial charge is 0.383 e. The van der Waals surface area contributed by atoms with E-state index in [1.165, 1.54) is 10.6 Å². The molecule has 1 N–H and O–H groups in total. The van der Waals surface area contributed by atoms with Crippen molar-refractivity contribution in [3.63, 3.8) is 0 Å². The van der Waals surface area contributed by atoms with Crippen molar-refractivity contribution < 1.29 is 9.53 Å². The predicted molar refractivity (Wildman–Crippen MR) is 80.5 cm³/mol. The highest BCUT2D eigenvalue weighted by atomic mass is 16.5. The van der Waals surface area contributed by atoms with E-state index in [9.17, 15) is 9.59 Å². The number of hydrogen-bond acceptors (Lipinski definition) is 4. The molecule has 6 nitrogen and oxygen atoms in total. The lowest BCUT2D eigenvalue weighted by atomic mass is 10.2. The lowest BCUT2D eigenvalue weighted by Crippen LogP contribution is -2.42. The minimum Gasteiger partial charge on any atom is -0.383 e. The molecule has 0 aromatic carbocycles. The van der Waals surface area contributed by atoms with Crippen molar-refractivity contribution in [2.45, 2.75) is 18.9 Å². The smallest absolute Gasteiger partial charge is 0.268 e. The summed E-state index contributed by atoms with van der Waals surface area (Å²) in [6.45, 7) is 3.25. The van der Waals surface area contributed by atoms with Crippen LogP contribution in [0.25, 0.3) is 0 Å². The maximum Gasteiger partial charge on any atom is 0.268 e. The summed E-state index contributed by atoms with van der Waals surface area (Å²) < 4.78 is 6.48. The highest BCUT2D eigenvalue weighted by Gasteiger charge is 2.24. The molecule has 1 aromatic heterocycles. The molecule has 1 amide bonds.